The summed E-state index contributed by atoms with van der Waals surface area (Å²) in [5.74, 6) is 0.906. The van der Waals surface area contributed by atoms with Crippen molar-refractivity contribution in [2.45, 2.75) is 44.6 Å². The number of aromatic nitrogens is 2. The molecule has 0 amide bonds. The average Bonchev–Trinajstić information content (AvgIpc) is 3.35. The average molecular weight is 366 g/mol. The van der Waals surface area contributed by atoms with Crippen LogP contribution in [0.25, 0.3) is 11.0 Å². The van der Waals surface area contributed by atoms with Crippen LogP contribution < -0.4 is 0 Å². The molecule has 1 saturated heterocycles. The van der Waals surface area contributed by atoms with Crippen LogP contribution in [0.4, 0.5) is 0 Å². The van der Waals surface area contributed by atoms with Crippen LogP contribution in [0.1, 0.15) is 43.4 Å². The quantitative estimate of drug-likeness (QED) is 0.686. The first-order valence-corrected chi connectivity index (χ1v) is 9.64. The molecule has 1 N–H and O–H groups in total. The van der Waals surface area contributed by atoms with Crippen molar-refractivity contribution in [3.05, 3.63) is 66.0 Å². The monoisotopic (exact) mass is 366 g/mol. The van der Waals surface area contributed by atoms with E-state index in [1.54, 1.807) is 0 Å². The summed E-state index contributed by atoms with van der Waals surface area (Å²) in [6.45, 7) is 3.49. The summed E-state index contributed by atoms with van der Waals surface area (Å²) in [6.07, 6.45) is 1.36. The molecule has 1 aliphatic rings. The zero-order valence-electron chi connectivity index (χ0n) is 15.6. The van der Waals surface area contributed by atoms with Crippen molar-refractivity contribution in [2.75, 3.05) is 13.2 Å². The van der Waals surface area contributed by atoms with Gasteiger partial charge in [0.25, 0.3) is 0 Å². The first-order valence-electron chi connectivity index (χ1n) is 9.64. The van der Waals surface area contributed by atoms with Crippen LogP contribution in [-0.4, -0.2) is 34.0 Å². The van der Waals surface area contributed by atoms with Gasteiger partial charge in [-0.3, -0.25) is 0 Å². The van der Waals surface area contributed by atoms with Crippen LogP contribution in [0.3, 0.4) is 0 Å². The Morgan fingerprint density at radius 2 is 1.96 bits per heavy atom. The zero-order chi connectivity index (χ0) is 18.6. The molecule has 0 saturated carbocycles. The molecule has 2 aromatic carbocycles. The van der Waals surface area contributed by atoms with Crippen molar-refractivity contribution in [1.82, 2.24) is 9.55 Å². The third-order valence-corrected chi connectivity index (χ3v) is 5.10. The van der Waals surface area contributed by atoms with E-state index in [0.717, 1.165) is 41.9 Å². The van der Waals surface area contributed by atoms with Gasteiger partial charge in [-0.05, 0) is 37.5 Å². The molecule has 27 heavy (non-hydrogen) atoms. The van der Waals surface area contributed by atoms with E-state index in [1.165, 1.54) is 0 Å². The van der Waals surface area contributed by atoms with Crippen LogP contribution >= 0.6 is 0 Å². The largest absolute Gasteiger partial charge is 0.389 e. The number of rotatable bonds is 7. The highest BCUT2D eigenvalue weighted by Gasteiger charge is 2.25. The third kappa shape index (κ3) is 4.05. The molecule has 2 heterocycles. The molecule has 0 spiro atoms. The van der Waals surface area contributed by atoms with E-state index in [9.17, 15) is 5.11 Å². The Hall–Kier alpha value is -2.21. The molecule has 3 aromatic rings. The normalized spacial score (nSPS) is 19.4. The SMILES string of the molecule is CC(OCC(O)Cn1c(C2CCCO2)nc2ccccc21)c1ccccc1. The van der Waals surface area contributed by atoms with Crippen LogP contribution in [0.5, 0.6) is 0 Å². The van der Waals surface area contributed by atoms with Crippen LogP contribution in [0.15, 0.2) is 54.6 Å². The van der Waals surface area contributed by atoms with E-state index in [1.807, 2.05) is 61.5 Å². The van der Waals surface area contributed by atoms with Crippen LogP contribution in [0.2, 0.25) is 0 Å². The van der Waals surface area contributed by atoms with Crippen LogP contribution in [-0.2, 0) is 16.0 Å². The summed E-state index contributed by atoms with van der Waals surface area (Å²) in [6, 6.07) is 18.1. The van der Waals surface area contributed by atoms with E-state index in [2.05, 4.69) is 4.57 Å². The molecule has 1 fully saturated rings. The van der Waals surface area contributed by atoms with Crippen molar-refractivity contribution < 1.29 is 14.6 Å². The van der Waals surface area contributed by atoms with Crippen LogP contribution in [0, 0.1) is 0 Å². The zero-order valence-corrected chi connectivity index (χ0v) is 15.6. The van der Waals surface area contributed by atoms with Gasteiger partial charge in [0.1, 0.15) is 11.9 Å². The number of benzene rings is 2. The minimum atomic E-state index is -0.617. The second kappa shape index (κ2) is 8.21. The second-order valence-corrected chi connectivity index (χ2v) is 7.11. The number of hydrogen-bond donors (Lipinski definition) is 1. The van der Waals surface area contributed by atoms with Gasteiger partial charge in [0.2, 0.25) is 0 Å². The lowest BCUT2D eigenvalue weighted by molar-refractivity contribution is -0.00947. The smallest absolute Gasteiger partial charge is 0.139 e. The molecular formula is C22H26N2O3. The van der Waals surface area contributed by atoms with Gasteiger partial charge < -0.3 is 19.1 Å². The molecule has 0 bridgehead atoms. The fourth-order valence-corrected chi connectivity index (χ4v) is 3.65. The number of fused-ring (bicyclic) bond motifs is 1. The highest BCUT2D eigenvalue weighted by Crippen LogP contribution is 2.30. The predicted molar refractivity (Wildman–Crippen MR) is 104 cm³/mol. The van der Waals surface area contributed by atoms with E-state index in [0.29, 0.717) is 6.54 Å². The Labute approximate surface area is 159 Å². The molecule has 0 aliphatic carbocycles. The lowest BCUT2D eigenvalue weighted by Crippen LogP contribution is -2.24. The number of para-hydroxylation sites is 2. The van der Waals surface area contributed by atoms with Gasteiger partial charge in [0, 0.05) is 6.61 Å². The minimum absolute atomic E-state index is 0.00811. The molecular weight excluding hydrogens is 340 g/mol. The summed E-state index contributed by atoms with van der Waals surface area (Å²) in [5, 5.41) is 10.6. The molecule has 1 aromatic heterocycles. The lowest BCUT2D eigenvalue weighted by Gasteiger charge is -2.19. The molecule has 5 nitrogen and oxygen atoms in total. The summed E-state index contributed by atoms with van der Waals surface area (Å²) in [5.41, 5.74) is 3.07. The van der Waals surface area contributed by atoms with E-state index >= 15 is 0 Å². The Kier molecular flexibility index (Phi) is 5.53. The maximum Gasteiger partial charge on any atom is 0.139 e. The van der Waals surface area contributed by atoms with Crippen molar-refractivity contribution >= 4 is 11.0 Å². The second-order valence-electron chi connectivity index (χ2n) is 7.11. The fourth-order valence-electron chi connectivity index (χ4n) is 3.65. The van der Waals surface area contributed by atoms with E-state index in [4.69, 9.17) is 14.5 Å². The first kappa shape index (κ1) is 18.2. The van der Waals surface area contributed by atoms with Gasteiger partial charge in [-0.25, -0.2) is 4.98 Å². The summed E-state index contributed by atoms with van der Waals surface area (Å²) < 4.78 is 13.8. The molecule has 142 valence electrons. The summed E-state index contributed by atoms with van der Waals surface area (Å²) in [7, 11) is 0. The molecule has 1 aliphatic heterocycles. The summed E-state index contributed by atoms with van der Waals surface area (Å²) >= 11 is 0. The van der Waals surface area contributed by atoms with Gasteiger partial charge in [-0.1, -0.05) is 42.5 Å². The number of ether oxygens (including phenoxy) is 2. The maximum atomic E-state index is 10.6. The standard InChI is InChI=1S/C22H26N2O3/c1-16(17-8-3-2-4-9-17)27-15-18(25)14-24-20-11-6-5-10-19(20)23-22(24)21-12-7-13-26-21/h2-6,8-11,16,18,21,25H,7,12-15H2,1H3. The number of aliphatic hydroxyl groups is 1. The number of imidazole rings is 1. The van der Waals surface area contributed by atoms with Gasteiger partial charge in [-0.2, -0.15) is 0 Å². The highest BCUT2D eigenvalue weighted by molar-refractivity contribution is 5.76. The van der Waals surface area contributed by atoms with E-state index < -0.39 is 6.10 Å². The minimum Gasteiger partial charge on any atom is -0.389 e. The van der Waals surface area contributed by atoms with Gasteiger partial charge in [0.05, 0.1) is 36.4 Å². The third-order valence-electron chi connectivity index (χ3n) is 5.10. The number of hydrogen-bond acceptors (Lipinski definition) is 4. The van der Waals surface area contributed by atoms with Gasteiger partial charge in [-0.15, -0.1) is 0 Å². The summed E-state index contributed by atoms with van der Waals surface area (Å²) in [4.78, 5) is 4.78. The predicted octanol–water partition coefficient (Wildman–Crippen LogP) is 4.03. The highest BCUT2D eigenvalue weighted by atomic mass is 16.5. The number of nitrogens with zero attached hydrogens (tertiary/aromatic N) is 2. The van der Waals surface area contributed by atoms with Crippen molar-refractivity contribution in [2.24, 2.45) is 0 Å². The molecule has 0 radical (unpaired) electrons. The Bertz CT molecular complexity index is 872. The topological polar surface area (TPSA) is 56.5 Å². The number of aliphatic hydroxyl groups excluding tert-OH is 1. The Morgan fingerprint density at radius 3 is 2.74 bits per heavy atom. The van der Waals surface area contributed by atoms with Gasteiger partial charge in [0.15, 0.2) is 0 Å². The van der Waals surface area contributed by atoms with Crippen molar-refractivity contribution in [3.63, 3.8) is 0 Å². The molecule has 5 heteroatoms. The van der Waals surface area contributed by atoms with Gasteiger partial charge >= 0.3 is 0 Å². The molecule has 3 atom stereocenters. The lowest BCUT2D eigenvalue weighted by atomic mass is 10.1. The van der Waals surface area contributed by atoms with E-state index in [-0.39, 0.29) is 18.8 Å². The molecule has 3 unspecified atom stereocenters. The molecule has 4 rings (SSSR count). The Morgan fingerprint density at radius 1 is 1.19 bits per heavy atom. The fraction of sp³-hybridized carbons (Fsp3) is 0.409. The maximum absolute atomic E-state index is 10.6. The Balaban J connectivity index is 1.48. The van der Waals surface area contributed by atoms with Crippen molar-refractivity contribution in [1.29, 1.82) is 0 Å². The first-order chi connectivity index (χ1) is 13.2. The van der Waals surface area contributed by atoms with Crippen molar-refractivity contribution in [3.8, 4) is 0 Å².